The molecule has 2 atom stereocenters. The standard InChI is InChI=1S/C27H23F2N7O/c28-17-9-20-21(13-32-24(20)31-12-17)25-33-14-22(29)26(36-25)34-18-5-3-6-19(10-18)35-27(37)16-8-15-4-1-2-7-23(15)30-11-16/h1-2,4,7-9,11-14,18-19H,3,5-6,10H2,(H,31,32)(H,35,37)(H,33,34,36)/t18-,19+/m1/s1. The Morgan fingerprint density at radius 2 is 1.86 bits per heavy atom. The summed E-state index contributed by atoms with van der Waals surface area (Å²) in [5.74, 6) is -0.920. The molecule has 37 heavy (non-hydrogen) atoms. The molecule has 1 fully saturated rings. The fourth-order valence-corrected chi connectivity index (χ4v) is 4.87. The van der Waals surface area contributed by atoms with Crippen LogP contribution >= 0.6 is 0 Å². The van der Waals surface area contributed by atoms with Crippen LogP contribution in [0, 0.1) is 11.6 Å². The van der Waals surface area contributed by atoms with Gasteiger partial charge in [-0.15, -0.1) is 0 Å². The summed E-state index contributed by atoms with van der Waals surface area (Å²) in [5, 5.41) is 7.71. The van der Waals surface area contributed by atoms with Crippen molar-refractivity contribution in [2.24, 2.45) is 0 Å². The summed E-state index contributed by atoms with van der Waals surface area (Å²) in [6, 6.07) is 10.7. The number of anilines is 1. The molecule has 4 heterocycles. The van der Waals surface area contributed by atoms with E-state index >= 15 is 0 Å². The van der Waals surface area contributed by atoms with E-state index in [1.807, 2.05) is 30.3 Å². The van der Waals surface area contributed by atoms with E-state index < -0.39 is 11.6 Å². The molecule has 5 aromatic rings. The Hall–Kier alpha value is -4.47. The maximum atomic E-state index is 14.7. The number of aromatic nitrogens is 5. The maximum Gasteiger partial charge on any atom is 0.253 e. The Balaban J connectivity index is 1.16. The quantitative estimate of drug-likeness (QED) is 0.314. The van der Waals surface area contributed by atoms with Gasteiger partial charge in [0.15, 0.2) is 17.5 Å². The van der Waals surface area contributed by atoms with E-state index in [9.17, 15) is 13.6 Å². The number of pyridine rings is 2. The van der Waals surface area contributed by atoms with E-state index in [0.29, 0.717) is 28.6 Å². The predicted molar refractivity (Wildman–Crippen MR) is 136 cm³/mol. The van der Waals surface area contributed by atoms with Crippen molar-refractivity contribution in [3.05, 3.63) is 78.4 Å². The van der Waals surface area contributed by atoms with Gasteiger partial charge in [-0.2, -0.15) is 0 Å². The highest BCUT2D eigenvalue weighted by molar-refractivity contribution is 5.97. The SMILES string of the molecule is O=C(N[C@H]1CCC[C@@H](Nc2nc(-c3c[nH]c4ncc(F)cc34)ncc2F)C1)c1cnc2ccccc2c1. The van der Waals surface area contributed by atoms with Crippen LogP contribution in [0.4, 0.5) is 14.6 Å². The van der Waals surface area contributed by atoms with Crippen molar-refractivity contribution in [1.82, 2.24) is 30.2 Å². The number of amides is 1. The molecule has 0 saturated heterocycles. The second-order valence-corrected chi connectivity index (χ2v) is 9.24. The van der Waals surface area contributed by atoms with Crippen molar-refractivity contribution >= 4 is 33.7 Å². The molecule has 1 amide bonds. The lowest BCUT2D eigenvalue weighted by Crippen LogP contribution is -2.42. The Morgan fingerprint density at radius 3 is 2.78 bits per heavy atom. The number of hydrogen-bond acceptors (Lipinski definition) is 6. The first-order chi connectivity index (χ1) is 18.0. The van der Waals surface area contributed by atoms with Crippen LogP contribution in [-0.2, 0) is 0 Å². The van der Waals surface area contributed by atoms with Gasteiger partial charge in [-0.25, -0.2) is 23.7 Å². The number of para-hydroxylation sites is 1. The number of halogens is 2. The number of rotatable bonds is 5. The monoisotopic (exact) mass is 499 g/mol. The second-order valence-electron chi connectivity index (χ2n) is 9.24. The number of nitrogens with one attached hydrogen (secondary N) is 3. The number of benzene rings is 1. The van der Waals surface area contributed by atoms with Gasteiger partial charge in [-0.1, -0.05) is 18.2 Å². The zero-order chi connectivity index (χ0) is 25.4. The number of aromatic amines is 1. The van der Waals surface area contributed by atoms with Gasteiger partial charge < -0.3 is 15.6 Å². The molecule has 0 spiro atoms. The van der Waals surface area contributed by atoms with Crippen LogP contribution in [-0.4, -0.2) is 42.9 Å². The van der Waals surface area contributed by atoms with Crippen molar-refractivity contribution in [3.63, 3.8) is 0 Å². The molecule has 4 aromatic heterocycles. The molecule has 186 valence electrons. The minimum absolute atomic E-state index is 0.0689. The summed E-state index contributed by atoms with van der Waals surface area (Å²) >= 11 is 0. The third-order valence-electron chi connectivity index (χ3n) is 6.69. The van der Waals surface area contributed by atoms with Gasteiger partial charge in [0, 0.05) is 40.8 Å². The molecule has 8 nitrogen and oxygen atoms in total. The first-order valence-corrected chi connectivity index (χ1v) is 12.1. The lowest BCUT2D eigenvalue weighted by Gasteiger charge is -2.30. The number of carbonyl (C=O) groups is 1. The molecule has 10 heteroatoms. The van der Waals surface area contributed by atoms with Crippen LogP contribution < -0.4 is 10.6 Å². The number of H-pyrrole nitrogens is 1. The predicted octanol–water partition coefficient (Wildman–Crippen LogP) is 5.00. The summed E-state index contributed by atoms with van der Waals surface area (Å²) in [5.41, 5.74) is 2.36. The fourth-order valence-electron chi connectivity index (χ4n) is 4.87. The maximum absolute atomic E-state index is 14.7. The smallest absolute Gasteiger partial charge is 0.253 e. The molecule has 1 aliphatic carbocycles. The average Bonchev–Trinajstić information content (AvgIpc) is 3.33. The first kappa shape index (κ1) is 23.0. The van der Waals surface area contributed by atoms with Crippen LogP contribution in [0.2, 0.25) is 0 Å². The van der Waals surface area contributed by atoms with Crippen LogP contribution in [0.25, 0.3) is 33.3 Å². The molecular formula is C27H23F2N7O. The van der Waals surface area contributed by atoms with Crippen molar-refractivity contribution in [3.8, 4) is 11.4 Å². The van der Waals surface area contributed by atoms with Gasteiger partial charge >= 0.3 is 0 Å². The summed E-state index contributed by atoms with van der Waals surface area (Å²) in [4.78, 5) is 32.7. The highest BCUT2D eigenvalue weighted by Gasteiger charge is 2.25. The lowest BCUT2D eigenvalue weighted by molar-refractivity contribution is 0.0926. The van der Waals surface area contributed by atoms with Crippen molar-refractivity contribution in [2.75, 3.05) is 5.32 Å². The van der Waals surface area contributed by atoms with Gasteiger partial charge in [-0.3, -0.25) is 9.78 Å². The fraction of sp³-hybridized carbons (Fsp3) is 0.222. The highest BCUT2D eigenvalue weighted by atomic mass is 19.1. The lowest BCUT2D eigenvalue weighted by atomic mass is 9.90. The Labute approximate surface area is 210 Å². The number of nitrogens with zero attached hydrogens (tertiary/aromatic N) is 4. The van der Waals surface area contributed by atoms with E-state index in [1.165, 1.54) is 6.07 Å². The molecule has 1 aromatic carbocycles. The topological polar surface area (TPSA) is 108 Å². The van der Waals surface area contributed by atoms with Crippen molar-refractivity contribution < 1.29 is 13.6 Å². The first-order valence-electron chi connectivity index (χ1n) is 12.1. The second kappa shape index (κ2) is 9.53. The zero-order valence-corrected chi connectivity index (χ0v) is 19.7. The summed E-state index contributed by atoms with van der Waals surface area (Å²) in [7, 11) is 0. The molecule has 1 aliphatic rings. The third-order valence-corrected chi connectivity index (χ3v) is 6.69. The number of carbonyl (C=O) groups excluding carboxylic acids is 1. The molecular weight excluding hydrogens is 476 g/mol. The molecule has 1 saturated carbocycles. The molecule has 6 rings (SSSR count). The van der Waals surface area contributed by atoms with Crippen LogP contribution in [0.5, 0.6) is 0 Å². The van der Waals surface area contributed by atoms with Gasteiger partial charge in [0.2, 0.25) is 0 Å². The van der Waals surface area contributed by atoms with Gasteiger partial charge in [0.05, 0.1) is 23.5 Å². The van der Waals surface area contributed by atoms with E-state index in [0.717, 1.165) is 42.6 Å². The molecule has 0 radical (unpaired) electrons. The number of hydrogen-bond donors (Lipinski definition) is 3. The van der Waals surface area contributed by atoms with Crippen molar-refractivity contribution in [1.29, 1.82) is 0 Å². The normalized spacial score (nSPS) is 17.7. The minimum Gasteiger partial charge on any atom is -0.365 e. The minimum atomic E-state index is -0.582. The van der Waals surface area contributed by atoms with E-state index in [4.69, 9.17) is 0 Å². The van der Waals surface area contributed by atoms with E-state index in [2.05, 4.69) is 35.6 Å². The summed E-state index contributed by atoms with van der Waals surface area (Å²) in [6.07, 6.45) is 8.56. The van der Waals surface area contributed by atoms with Crippen molar-refractivity contribution in [2.45, 2.75) is 37.8 Å². The number of fused-ring (bicyclic) bond motifs is 2. The Kier molecular flexibility index (Phi) is 5.91. The molecule has 0 bridgehead atoms. The Bertz CT molecular complexity index is 1620. The van der Waals surface area contributed by atoms with E-state index in [1.54, 1.807) is 12.4 Å². The van der Waals surface area contributed by atoms with Gasteiger partial charge in [0.25, 0.3) is 5.91 Å². The van der Waals surface area contributed by atoms with E-state index in [-0.39, 0.29) is 29.6 Å². The largest absolute Gasteiger partial charge is 0.365 e. The van der Waals surface area contributed by atoms with Gasteiger partial charge in [-0.05, 0) is 43.9 Å². The molecule has 3 N–H and O–H groups in total. The zero-order valence-electron chi connectivity index (χ0n) is 19.7. The Morgan fingerprint density at radius 1 is 1.00 bits per heavy atom. The molecule has 0 aliphatic heterocycles. The van der Waals surface area contributed by atoms with Crippen LogP contribution in [0.1, 0.15) is 36.0 Å². The van der Waals surface area contributed by atoms with Gasteiger partial charge in [0.1, 0.15) is 11.5 Å². The summed E-state index contributed by atoms with van der Waals surface area (Å²) in [6.45, 7) is 0. The van der Waals surface area contributed by atoms with Crippen LogP contribution in [0.15, 0.2) is 61.2 Å². The van der Waals surface area contributed by atoms with Crippen LogP contribution in [0.3, 0.4) is 0 Å². The summed E-state index contributed by atoms with van der Waals surface area (Å²) < 4.78 is 28.4. The molecule has 0 unspecified atom stereocenters. The highest BCUT2D eigenvalue weighted by Crippen LogP contribution is 2.28. The third kappa shape index (κ3) is 4.69. The average molecular weight is 500 g/mol.